The van der Waals surface area contributed by atoms with Crippen molar-refractivity contribution in [1.82, 2.24) is 16.2 Å². The molecule has 3 rings (SSSR count). The summed E-state index contributed by atoms with van der Waals surface area (Å²) in [6.07, 6.45) is 1.76. The van der Waals surface area contributed by atoms with E-state index in [0.29, 0.717) is 25.9 Å². The van der Waals surface area contributed by atoms with E-state index in [2.05, 4.69) is 30.0 Å². The lowest BCUT2D eigenvalue weighted by Crippen LogP contribution is -2.55. The molecule has 5 atom stereocenters. The third-order valence-electron chi connectivity index (χ3n) is 5.23. The van der Waals surface area contributed by atoms with Crippen LogP contribution in [0.4, 0.5) is 0 Å². The highest BCUT2D eigenvalue weighted by atomic mass is 16.5. The molecule has 0 spiro atoms. The second-order valence-corrected chi connectivity index (χ2v) is 6.95. The van der Waals surface area contributed by atoms with Crippen LogP contribution in [0.3, 0.4) is 0 Å². The molecule has 1 aromatic rings. The van der Waals surface area contributed by atoms with Gasteiger partial charge in [0, 0.05) is 12.6 Å². The van der Waals surface area contributed by atoms with Crippen molar-refractivity contribution >= 4 is 5.91 Å². The number of carbonyl (C=O) groups excluding carboxylic acids is 1. The number of carbonyl (C=O) groups is 1. The molecule has 1 aromatic carbocycles. The Bertz CT molecular complexity index is 554. The van der Waals surface area contributed by atoms with Gasteiger partial charge in [-0.2, -0.15) is 0 Å². The molecule has 25 heavy (non-hydrogen) atoms. The van der Waals surface area contributed by atoms with Crippen molar-refractivity contribution in [3.05, 3.63) is 35.9 Å². The van der Waals surface area contributed by atoms with Crippen molar-refractivity contribution in [2.24, 2.45) is 5.92 Å². The minimum Gasteiger partial charge on any atom is -0.379 e. The Balaban J connectivity index is 1.55. The fourth-order valence-electron chi connectivity index (χ4n) is 3.57. The molecule has 0 saturated carbocycles. The lowest BCUT2D eigenvalue weighted by molar-refractivity contribution is -0.129. The summed E-state index contributed by atoms with van der Waals surface area (Å²) < 4.78 is 11.6. The van der Waals surface area contributed by atoms with Crippen molar-refractivity contribution in [3.8, 4) is 0 Å². The zero-order valence-corrected chi connectivity index (χ0v) is 15.0. The number of benzene rings is 1. The third kappa shape index (κ3) is 4.58. The van der Waals surface area contributed by atoms with Gasteiger partial charge in [-0.3, -0.25) is 10.2 Å². The largest absolute Gasteiger partial charge is 0.379 e. The Morgan fingerprint density at radius 2 is 2.12 bits per heavy atom. The fraction of sp³-hybridized carbons (Fsp3) is 0.632. The maximum atomic E-state index is 12.7. The van der Waals surface area contributed by atoms with Crippen molar-refractivity contribution in [3.63, 3.8) is 0 Å². The topological polar surface area (TPSA) is 71.6 Å². The normalized spacial score (nSPS) is 32.5. The molecule has 6 nitrogen and oxygen atoms in total. The summed E-state index contributed by atoms with van der Waals surface area (Å²) in [5.41, 5.74) is 7.47. The number of ether oxygens (including phenoxy) is 2. The molecular formula is C19H29N3O3. The summed E-state index contributed by atoms with van der Waals surface area (Å²) in [7, 11) is 0. The highest BCUT2D eigenvalue weighted by molar-refractivity contribution is 5.82. The Morgan fingerprint density at radius 1 is 1.32 bits per heavy atom. The number of hydrogen-bond donors (Lipinski definition) is 3. The molecule has 2 aliphatic rings. The molecule has 3 N–H and O–H groups in total. The fourth-order valence-corrected chi connectivity index (χ4v) is 3.57. The first-order valence-corrected chi connectivity index (χ1v) is 9.23. The van der Waals surface area contributed by atoms with Crippen LogP contribution in [0, 0.1) is 5.92 Å². The summed E-state index contributed by atoms with van der Waals surface area (Å²) in [6.45, 7) is 5.94. The average molecular weight is 347 g/mol. The Hall–Kier alpha value is -1.47. The van der Waals surface area contributed by atoms with E-state index >= 15 is 0 Å². The van der Waals surface area contributed by atoms with Gasteiger partial charge in [0.05, 0.1) is 25.4 Å². The van der Waals surface area contributed by atoms with Crippen molar-refractivity contribution in [2.75, 3.05) is 13.2 Å². The van der Waals surface area contributed by atoms with E-state index < -0.39 is 0 Å². The lowest BCUT2D eigenvalue weighted by atomic mass is 9.94. The predicted molar refractivity (Wildman–Crippen MR) is 95.7 cm³/mol. The van der Waals surface area contributed by atoms with Gasteiger partial charge in [-0.25, -0.2) is 5.43 Å². The zero-order chi connectivity index (χ0) is 17.6. The molecular weight excluding hydrogens is 318 g/mol. The van der Waals surface area contributed by atoms with Crippen LogP contribution in [0.1, 0.15) is 32.3 Å². The van der Waals surface area contributed by atoms with E-state index in [9.17, 15) is 4.79 Å². The molecule has 2 fully saturated rings. The van der Waals surface area contributed by atoms with Crippen LogP contribution in [0.2, 0.25) is 0 Å². The molecule has 0 bridgehead atoms. The maximum absolute atomic E-state index is 12.7. The second-order valence-electron chi connectivity index (χ2n) is 6.95. The molecule has 2 heterocycles. The van der Waals surface area contributed by atoms with Gasteiger partial charge in [0.25, 0.3) is 0 Å². The first-order valence-electron chi connectivity index (χ1n) is 9.23. The summed E-state index contributed by atoms with van der Waals surface area (Å²) >= 11 is 0. The van der Waals surface area contributed by atoms with E-state index in [4.69, 9.17) is 9.47 Å². The molecule has 2 saturated heterocycles. The van der Waals surface area contributed by atoms with Crippen LogP contribution >= 0.6 is 0 Å². The third-order valence-corrected chi connectivity index (χ3v) is 5.23. The molecule has 138 valence electrons. The summed E-state index contributed by atoms with van der Waals surface area (Å²) in [4.78, 5) is 12.7. The van der Waals surface area contributed by atoms with Gasteiger partial charge in [-0.15, -0.1) is 0 Å². The van der Waals surface area contributed by atoms with Crippen molar-refractivity contribution < 1.29 is 14.3 Å². The van der Waals surface area contributed by atoms with Crippen LogP contribution in [0.25, 0.3) is 0 Å². The van der Waals surface area contributed by atoms with Crippen LogP contribution < -0.4 is 16.2 Å². The Morgan fingerprint density at radius 3 is 2.84 bits per heavy atom. The number of hydrogen-bond acceptors (Lipinski definition) is 5. The first-order chi connectivity index (χ1) is 12.2. The minimum absolute atomic E-state index is 0.0137. The number of rotatable bonds is 6. The van der Waals surface area contributed by atoms with Crippen LogP contribution in [-0.2, 0) is 20.9 Å². The Labute approximate surface area is 149 Å². The Kier molecular flexibility index (Phi) is 6.42. The molecule has 0 radical (unpaired) electrons. The summed E-state index contributed by atoms with van der Waals surface area (Å²) in [5.74, 6) is 0.262. The molecule has 0 aromatic heterocycles. The average Bonchev–Trinajstić information content (AvgIpc) is 3.02. The van der Waals surface area contributed by atoms with Gasteiger partial charge in [0.15, 0.2) is 0 Å². The quantitative estimate of drug-likeness (QED) is 0.725. The van der Waals surface area contributed by atoms with E-state index in [-0.39, 0.29) is 30.0 Å². The van der Waals surface area contributed by atoms with Crippen LogP contribution in [-0.4, -0.2) is 43.4 Å². The van der Waals surface area contributed by atoms with Gasteiger partial charge < -0.3 is 14.8 Å². The van der Waals surface area contributed by atoms with E-state index in [1.54, 1.807) is 0 Å². The standard InChI is InChI=1S/C19H29N3O3/c1-3-15-13(2)18(22-21-15)19(23)20-16-12-24-10-9-17(16)25-11-14-7-5-4-6-8-14/h4-8,13,15-18,21-22H,3,9-12H2,1-2H3,(H,20,23)/t13?,15?,16-,17+,18?/m1/s1. The molecule has 6 heteroatoms. The molecule has 2 aliphatic heterocycles. The first kappa shape index (κ1) is 18.3. The molecule has 3 unspecified atom stereocenters. The van der Waals surface area contributed by atoms with E-state index in [1.807, 2.05) is 30.3 Å². The smallest absolute Gasteiger partial charge is 0.239 e. The van der Waals surface area contributed by atoms with Gasteiger partial charge in [-0.05, 0) is 24.3 Å². The zero-order valence-electron chi connectivity index (χ0n) is 15.0. The highest BCUT2D eigenvalue weighted by Crippen LogP contribution is 2.19. The maximum Gasteiger partial charge on any atom is 0.239 e. The molecule has 0 aliphatic carbocycles. The second kappa shape index (κ2) is 8.76. The SMILES string of the molecule is CCC1NNC(C(=O)N[C@@H]2COCC[C@@H]2OCc2ccccc2)C1C. The highest BCUT2D eigenvalue weighted by Gasteiger charge is 2.38. The number of hydrazine groups is 1. The predicted octanol–water partition coefficient (Wildman–Crippen LogP) is 1.37. The van der Waals surface area contributed by atoms with Crippen molar-refractivity contribution in [1.29, 1.82) is 0 Å². The number of amides is 1. The summed E-state index contributed by atoms with van der Waals surface area (Å²) in [6, 6.07) is 10.1. The van der Waals surface area contributed by atoms with Gasteiger partial charge in [0.1, 0.15) is 6.04 Å². The van der Waals surface area contributed by atoms with Crippen molar-refractivity contribution in [2.45, 2.75) is 57.5 Å². The van der Waals surface area contributed by atoms with E-state index in [0.717, 1.165) is 18.4 Å². The molecule has 1 amide bonds. The number of nitrogens with one attached hydrogen (secondary N) is 3. The lowest BCUT2D eigenvalue weighted by Gasteiger charge is -2.33. The minimum atomic E-state index is -0.221. The van der Waals surface area contributed by atoms with Crippen LogP contribution in [0.15, 0.2) is 30.3 Å². The van der Waals surface area contributed by atoms with E-state index in [1.165, 1.54) is 0 Å². The van der Waals surface area contributed by atoms with Crippen LogP contribution in [0.5, 0.6) is 0 Å². The van der Waals surface area contributed by atoms with Gasteiger partial charge in [-0.1, -0.05) is 44.2 Å². The van der Waals surface area contributed by atoms with Gasteiger partial charge >= 0.3 is 0 Å². The van der Waals surface area contributed by atoms with Gasteiger partial charge in [0.2, 0.25) is 5.91 Å². The monoisotopic (exact) mass is 347 g/mol. The summed E-state index contributed by atoms with van der Waals surface area (Å²) in [5, 5.41) is 3.13.